The summed E-state index contributed by atoms with van der Waals surface area (Å²) in [4.78, 5) is 0. The van der Waals surface area contributed by atoms with Crippen molar-refractivity contribution in [2.45, 2.75) is 56.5 Å². The maximum atomic E-state index is 6.47. The van der Waals surface area contributed by atoms with Crippen molar-refractivity contribution in [2.75, 3.05) is 0 Å². The van der Waals surface area contributed by atoms with Gasteiger partial charge in [0.1, 0.15) is 17.3 Å². The molecule has 92 valence electrons. The summed E-state index contributed by atoms with van der Waals surface area (Å²) in [6, 6.07) is 0. The Morgan fingerprint density at radius 2 is 2.18 bits per heavy atom. The molecule has 0 radical (unpaired) electrons. The van der Waals surface area contributed by atoms with Gasteiger partial charge in [-0.1, -0.05) is 32.6 Å². The Hall–Kier alpha value is -0.600. The molecule has 2 nitrogen and oxygen atoms in total. The van der Waals surface area contributed by atoms with Crippen LogP contribution >= 0.6 is 0 Å². The Labute approximate surface area is 103 Å². The van der Waals surface area contributed by atoms with Crippen molar-refractivity contribution in [3.05, 3.63) is 24.3 Å². The highest BCUT2D eigenvalue weighted by Gasteiger charge is 2.80. The number of fused-ring (bicyclic) bond motifs is 4. The van der Waals surface area contributed by atoms with E-state index in [2.05, 4.69) is 39.5 Å². The molecule has 2 bridgehead atoms. The van der Waals surface area contributed by atoms with E-state index in [1.54, 1.807) is 0 Å². The van der Waals surface area contributed by atoms with Gasteiger partial charge in [-0.2, -0.15) is 0 Å². The second-order valence-electron chi connectivity index (χ2n) is 6.61. The zero-order valence-electron chi connectivity index (χ0n) is 10.8. The Kier molecular flexibility index (Phi) is 1.55. The molecular formula is C15H20O2. The SMILES string of the molecule is C=C1CC[C@H]2[C@@]13O[C@@H]3[C@@]1(C(C)C)C=C[C@]2(C)O1. The molecule has 4 rings (SSSR count). The van der Waals surface area contributed by atoms with Crippen molar-refractivity contribution in [2.24, 2.45) is 11.8 Å². The number of hydrogen-bond acceptors (Lipinski definition) is 2. The second kappa shape index (κ2) is 2.55. The normalized spacial score (nSPS) is 58.5. The lowest BCUT2D eigenvalue weighted by molar-refractivity contribution is -0.153. The lowest BCUT2D eigenvalue weighted by Gasteiger charge is -2.44. The summed E-state index contributed by atoms with van der Waals surface area (Å²) >= 11 is 0. The van der Waals surface area contributed by atoms with Gasteiger partial charge in [-0.3, -0.25) is 0 Å². The number of rotatable bonds is 1. The van der Waals surface area contributed by atoms with Crippen molar-refractivity contribution in [3.63, 3.8) is 0 Å². The van der Waals surface area contributed by atoms with Crippen LogP contribution in [0, 0.1) is 11.8 Å². The van der Waals surface area contributed by atoms with Crippen LogP contribution in [-0.4, -0.2) is 22.9 Å². The predicted octanol–water partition coefficient (Wildman–Crippen LogP) is 2.84. The molecular weight excluding hydrogens is 212 g/mol. The average molecular weight is 232 g/mol. The lowest BCUT2D eigenvalue weighted by atomic mass is 9.72. The van der Waals surface area contributed by atoms with E-state index in [4.69, 9.17) is 9.47 Å². The van der Waals surface area contributed by atoms with Crippen LogP contribution < -0.4 is 0 Å². The molecule has 2 heteroatoms. The second-order valence-corrected chi connectivity index (χ2v) is 6.61. The van der Waals surface area contributed by atoms with Gasteiger partial charge in [-0.15, -0.1) is 0 Å². The summed E-state index contributed by atoms with van der Waals surface area (Å²) in [5.41, 5.74) is 0.895. The van der Waals surface area contributed by atoms with E-state index in [0.717, 1.165) is 12.8 Å². The van der Waals surface area contributed by atoms with Gasteiger partial charge in [0.15, 0.2) is 0 Å². The molecule has 17 heavy (non-hydrogen) atoms. The maximum absolute atomic E-state index is 6.47. The third kappa shape index (κ3) is 0.869. The van der Waals surface area contributed by atoms with Gasteiger partial charge in [-0.05, 0) is 31.3 Å². The quantitative estimate of drug-likeness (QED) is 0.512. The van der Waals surface area contributed by atoms with E-state index in [0.29, 0.717) is 11.8 Å². The topological polar surface area (TPSA) is 21.8 Å². The van der Waals surface area contributed by atoms with Crippen molar-refractivity contribution in [3.8, 4) is 0 Å². The fraction of sp³-hybridized carbons (Fsp3) is 0.733. The summed E-state index contributed by atoms with van der Waals surface area (Å²) in [6.45, 7) is 10.9. The van der Waals surface area contributed by atoms with Crippen LogP contribution in [0.1, 0.15) is 33.6 Å². The molecule has 1 aliphatic carbocycles. The van der Waals surface area contributed by atoms with E-state index < -0.39 is 0 Å². The van der Waals surface area contributed by atoms with Crippen LogP contribution in [-0.2, 0) is 9.47 Å². The minimum absolute atomic E-state index is 0.0548. The zero-order chi connectivity index (χ0) is 12.1. The van der Waals surface area contributed by atoms with Crippen LogP contribution in [0.15, 0.2) is 24.3 Å². The molecule has 2 saturated heterocycles. The van der Waals surface area contributed by atoms with Gasteiger partial charge in [-0.25, -0.2) is 0 Å². The van der Waals surface area contributed by atoms with Gasteiger partial charge in [0, 0.05) is 5.92 Å². The van der Waals surface area contributed by atoms with Crippen molar-refractivity contribution in [1.29, 1.82) is 0 Å². The smallest absolute Gasteiger partial charge is 0.125 e. The average Bonchev–Trinajstić information content (AvgIpc) is 2.81. The summed E-state index contributed by atoms with van der Waals surface area (Å²) in [6.07, 6.45) is 7.02. The van der Waals surface area contributed by atoms with E-state index in [1.165, 1.54) is 5.57 Å². The standard InChI is InChI=1S/C15H20O2/c1-9(2)14-8-7-13(4,17-14)11-6-5-10(3)15(11)12(14)16-15/h7-9,11-12H,3,5-6H2,1-2,4H3/t11-,12-,13+,14+,15+/m1/s1. The van der Waals surface area contributed by atoms with Gasteiger partial charge < -0.3 is 9.47 Å². The molecule has 0 N–H and O–H groups in total. The van der Waals surface area contributed by atoms with Crippen molar-refractivity contribution < 1.29 is 9.47 Å². The predicted molar refractivity (Wildman–Crippen MR) is 65.7 cm³/mol. The highest BCUT2D eigenvalue weighted by molar-refractivity contribution is 5.46. The molecule has 3 fully saturated rings. The first-order chi connectivity index (χ1) is 7.96. The number of ether oxygens (including phenoxy) is 2. The lowest BCUT2D eigenvalue weighted by Crippen LogP contribution is -2.56. The molecule has 0 aromatic heterocycles. The van der Waals surface area contributed by atoms with E-state index in [1.807, 2.05) is 0 Å². The third-order valence-corrected chi connectivity index (χ3v) is 5.53. The monoisotopic (exact) mass is 232 g/mol. The molecule has 3 aliphatic heterocycles. The highest BCUT2D eigenvalue weighted by atomic mass is 16.7. The van der Waals surface area contributed by atoms with Gasteiger partial charge in [0.25, 0.3) is 0 Å². The molecule has 0 amide bonds. The van der Waals surface area contributed by atoms with Gasteiger partial charge >= 0.3 is 0 Å². The molecule has 1 saturated carbocycles. The van der Waals surface area contributed by atoms with E-state index >= 15 is 0 Å². The van der Waals surface area contributed by atoms with Crippen molar-refractivity contribution >= 4 is 0 Å². The van der Waals surface area contributed by atoms with Crippen LogP contribution in [0.4, 0.5) is 0 Å². The fourth-order valence-electron chi connectivity index (χ4n) is 4.49. The maximum Gasteiger partial charge on any atom is 0.125 e. The molecule has 4 aliphatic rings. The third-order valence-electron chi connectivity index (χ3n) is 5.53. The highest BCUT2D eigenvalue weighted by Crippen LogP contribution is 2.70. The van der Waals surface area contributed by atoms with E-state index in [-0.39, 0.29) is 22.9 Å². The van der Waals surface area contributed by atoms with Gasteiger partial charge in [0.05, 0.1) is 5.60 Å². The Morgan fingerprint density at radius 3 is 2.88 bits per heavy atom. The molecule has 5 atom stereocenters. The first-order valence-electron chi connectivity index (χ1n) is 6.72. The zero-order valence-corrected chi connectivity index (χ0v) is 10.8. The minimum Gasteiger partial charge on any atom is -0.357 e. The Bertz CT molecular complexity index is 452. The van der Waals surface area contributed by atoms with Crippen LogP contribution in [0.5, 0.6) is 0 Å². The molecule has 3 heterocycles. The van der Waals surface area contributed by atoms with Crippen LogP contribution in [0.3, 0.4) is 0 Å². The summed E-state index contributed by atoms with van der Waals surface area (Å²) < 4.78 is 12.7. The molecule has 0 aromatic carbocycles. The summed E-state index contributed by atoms with van der Waals surface area (Å²) in [5.74, 6) is 0.914. The first-order valence-corrected chi connectivity index (χ1v) is 6.72. The number of hydrogen-bond donors (Lipinski definition) is 0. The van der Waals surface area contributed by atoms with Crippen molar-refractivity contribution in [1.82, 2.24) is 0 Å². The Balaban J connectivity index is 1.89. The molecule has 0 aromatic rings. The minimum atomic E-state index is -0.210. The van der Waals surface area contributed by atoms with Crippen LogP contribution in [0.25, 0.3) is 0 Å². The largest absolute Gasteiger partial charge is 0.357 e. The molecule has 1 spiro atoms. The number of epoxide rings is 1. The fourth-order valence-corrected chi connectivity index (χ4v) is 4.49. The van der Waals surface area contributed by atoms with Gasteiger partial charge in [0.2, 0.25) is 0 Å². The Morgan fingerprint density at radius 1 is 1.41 bits per heavy atom. The molecule has 0 unspecified atom stereocenters. The van der Waals surface area contributed by atoms with Crippen LogP contribution in [0.2, 0.25) is 0 Å². The summed E-state index contributed by atoms with van der Waals surface area (Å²) in [7, 11) is 0. The van der Waals surface area contributed by atoms with E-state index in [9.17, 15) is 0 Å². The first kappa shape index (κ1) is 10.3. The summed E-state index contributed by atoms with van der Waals surface area (Å²) in [5, 5.41) is 0.